The second-order valence-electron chi connectivity index (χ2n) is 5.00. The predicted octanol–water partition coefficient (Wildman–Crippen LogP) is 0.732. The number of esters is 1. The molecule has 134 valence electrons. The van der Waals surface area contributed by atoms with Crippen molar-refractivity contribution in [1.82, 2.24) is 5.32 Å². The van der Waals surface area contributed by atoms with E-state index in [1.807, 2.05) is 6.92 Å². The number of hydrogen-bond donors (Lipinski definition) is 2. The van der Waals surface area contributed by atoms with Crippen LogP contribution in [-0.4, -0.2) is 62.0 Å². The van der Waals surface area contributed by atoms with E-state index in [4.69, 9.17) is 14.6 Å². The van der Waals surface area contributed by atoms with Gasteiger partial charge in [-0.3, -0.25) is 4.79 Å². The van der Waals surface area contributed by atoms with Gasteiger partial charge in [-0.05, 0) is 26.7 Å². The molecule has 1 aliphatic carbocycles. The molecule has 0 atom stereocenters. The molecule has 0 aromatic carbocycles. The van der Waals surface area contributed by atoms with Crippen LogP contribution in [0, 0.1) is 0 Å². The van der Waals surface area contributed by atoms with Gasteiger partial charge in [-0.25, -0.2) is 9.59 Å². The number of methoxy groups -OCH3 is 1. The third-order valence-corrected chi connectivity index (χ3v) is 3.28. The van der Waals surface area contributed by atoms with Crippen molar-refractivity contribution in [2.45, 2.75) is 45.1 Å². The first-order valence-electron chi connectivity index (χ1n) is 7.68. The number of rotatable bonds is 8. The number of carboxylic acid groups (broad SMARTS) is 1. The molecule has 0 bridgehead atoms. The fourth-order valence-electron chi connectivity index (χ4n) is 2.24. The topological polar surface area (TPSA) is 111 Å². The molecule has 0 heterocycles. The van der Waals surface area contributed by atoms with E-state index in [1.165, 1.54) is 7.11 Å². The van der Waals surface area contributed by atoms with Crippen LogP contribution in [0.15, 0.2) is 0 Å². The van der Waals surface area contributed by atoms with Crippen LogP contribution >= 0.6 is 0 Å². The smallest absolute Gasteiger partial charge is 0.331 e. The van der Waals surface area contributed by atoms with Crippen LogP contribution in [-0.2, 0) is 28.6 Å². The number of carboxylic acids is 1. The van der Waals surface area contributed by atoms with Crippen LogP contribution in [0.3, 0.4) is 0 Å². The quantitative estimate of drug-likeness (QED) is 0.630. The number of ether oxygens (including phenoxy) is 3. The summed E-state index contributed by atoms with van der Waals surface area (Å²) in [7, 11) is 1.34. The van der Waals surface area contributed by atoms with E-state index in [2.05, 4.69) is 10.1 Å². The van der Waals surface area contributed by atoms with Crippen LogP contribution < -0.4 is 5.32 Å². The fraction of sp³-hybridized carbons (Fsp3) is 0.800. The highest BCUT2D eigenvalue weighted by Gasteiger charge is 2.43. The van der Waals surface area contributed by atoms with Gasteiger partial charge >= 0.3 is 11.9 Å². The molecule has 0 aromatic rings. The zero-order valence-electron chi connectivity index (χ0n) is 14.1. The Hall–Kier alpha value is -1.67. The Kier molecular flexibility index (Phi) is 11.0. The van der Waals surface area contributed by atoms with E-state index in [9.17, 15) is 14.4 Å². The molecule has 8 heteroatoms. The largest absolute Gasteiger partial charge is 0.480 e. The van der Waals surface area contributed by atoms with Gasteiger partial charge in [0.15, 0.2) is 0 Å². The van der Waals surface area contributed by atoms with E-state index in [0.29, 0.717) is 26.1 Å². The molecular weight excluding hydrogens is 306 g/mol. The van der Waals surface area contributed by atoms with Crippen molar-refractivity contribution in [2.75, 3.05) is 33.5 Å². The van der Waals surface area contributed by atoms with Crippen LogP contribution in [0.5, 0.6) is 0 Å². The number of amides is 1. The summed E-state index contributed by atoms with van der Waals surface area (Å²) in [5.74, 6) is -1.52. The van der Waals surface area contributed by atoms with Crippen molar-refractivity contribution in [3.63, 3.8) is 0 Å². The lowest BCUT2D eigenvalue weighted by Gasteiger charge is -2.27. The minimum atomic E-state index is -0.915. The van der Waals surface area contributed by atoms with Crippen LogP contribution in [0.2, 0.25) is 0 Å². The summed E-state index contributed by atoms with van der Waals surface area (Å²) in [6.07, 6.45) is 3.17. The molecule has 1 saturated carbocycles. The molecule has 0 aromatic heterocycles. The summed E-state index contributed by atoms with van der Waals surface area (Å²) in [5.41, 5.74) is -0.817. The fourth-order valence-corrected chi connectivity index (χ4v) is 2.24. The van der Waals surface area contributed by atoms with Gasteiger partial charge in [0.25, 0.3) is 0 Å². The molecule has 8 nitrogen and oxygen atoms in total. The van der Waals surface area contributed by atoms with Crippen molar-refractivity contribution < 1.29 is 33.7 Å². The lowest BCUT2D eigenvalue weighted by molar-refractivity contribution is -0.151. The Morgan fingerprint density at radius 3 is 1.96 bits per heavy atom. The summed E-state index contributed by atoms with van der Waals surface area (Å²) in [6.45, 7) is 4.33. The molecule has 23 heavy (non-hydrogen) atoms. The normalized spacial score (nSPS) is 15.3. The van der Waals surface area contributed by atoms with Crippen molar-refractivity contribution >= 4 is 17.8 Å². The Morgan fingerprint density at radius 1 is 1.04 bits per heavy atom. The van der Waals surface area contributed by atoms with Gasteiger partial charge in [0.1, 0.15) is 18.8 Å². The van der Waals surface area contributed by atoms with E-state index in [1.54, 1.807) is 6.92 Å². The van der Waals surface area contributed by atoms with Gasteiger partial charge in [0, 0.05) is 13.2 Å². The molecule has 0 saturated heterocycles. The number of hydrogen-bond acceptors (Lipinski definition) is 6. The van der Waals surface area contributed by atoms with Gasteiger partial charge in [-0.15, -0.1) is 0 Å². The molecule has 0 aliphatic heterocycles. The van der Waals surface area contributed by atoms with Crippen molar-refractivity contribution in [1.29, 1.82) is 0 Å². The Balaban J connectivity index is 0.000000585. The van der Waals surface area contributed by atoms with E-state index in [-0.39, 0.29) is 25.1 Å². The van der Waals surface area contributed by atoms with Crippen LogP contribution in [0.1, 0.15) is 39.5 Å². The average molecular weight is 333 g/mol. The van der Waals surface area contributed by atoms with Crippen LogP contribution in [0.25, 0.3) is 0 Å². The summed E-state index contributed by atoms with van der Waals surface area (Å²) in [6, 6.07) is 0. The third kappa shape index (κ3) is 8.51. The molecular formula is C15H27NO7. The highest BCUT2D eigenvalue weighted by atomic mass is 16.5. The van der Waals surface area contributed by atoms with E-state index >= 15 is 0 Å². The van der Waals surface area contributed by atoms with Gasteiger partial charge in [-0.1, -0.05) is 12.8 Å². The summed E-state index contributed by atoms with van der Waals surface area (Å²) < 4.78 is 14.2. The van der Waals surface area contributed by atoms with Gasteiger partial charge in [0.05, 0.1) is 7.11 Å². The number of carbonyl (C=O) groups is 3. The van der Waals surface area contributed by atoms with Crippen molar-refractivity contribution in [3.05, 3.63) is 0 Å². The predicted molar refractivity (Wildman–Crippen MR) is 82.0 cm³/mol. The maximum Gasteiger partial charge on any atom is 0.331 e. The third-order valence-electron chi connectivity index (χ3n) is 3.28. The Labute approximate surface area is 136 Å². The minimum absolute atomic E-state index is 0.00472. The minimum Gasteiger partial charge on any atom is -0.480 e. The molecule has 1 amide bonds. The van der Waals surface area contributed by atoms with Gasteiger partial charge in [0.2, 0.25) is 5.91 Å². The second-order valence-corrected chi connectivity index (χ2v) is 5.00. The standard InChI is InChI=1S/C11H19NO4.C4H8O3/c1-3-16-8-9(13)12-11(10(14)15-2)6-4-5-7-11;1-2-7-3-4(5)6/h3-8H2,1-2H3,(H,12,13);2-3H2,1H3,(H,5,6). The maximum atomic E-state index is 11.7. The summed E-state index contributed by atoms with van der Waals surface area (Å²) in [4.78, 5) is 32.8. The highest BCUT2D eigenvalue weighted by molar-refractivity contribution is 5.88. The molecule has 1 rings (SSSR count). The molecule has 1 aliphatic rings. The van der Waals surface area contributed by atoms with E-state index in [0.717, 1.165) is 12.8 Å². The molecule has 0 spiro atoms. The van der Waals surface area contributed by atoms with Crippen LogP contribution in [0.4, 0.5) is 0 Å². The molecule has 2 N–H and O–H groups in total. The highest BCUT2D eigenvalue weighted by Crippen LogP contribution is 2.30. The number of aliphatic carboxylic acids is 1. The molecule has 1 fully saturated rings. The van der Waals surface area contributed by atoms with Gasteiger partial charge in [-0.2, -0.15) is 0 Å². The number of carbonyl (C=O) groups excluding carboxylic acids is 2. The first-order chi connectivity index (χ1) is 10.9. The maximum absolute atomic E-state index is 11.7. The lowest BCUT2D eigenvalue weighted by atomic mass is 9.98. The van der Waals surface area contributed by atoms with Gasteiger partial charge < -0.3 is 24.6 Å². The van der Waals surface area contributed by atoms with E-state index < -0.39 is 11.5 Å². The summed E-state index contributed by atoms with van der Waals surface area (Å²) >= 11 is 0. The monoisotopic (exact) mass is 333 g/mol. The lowest BCUT2D eigenvalue weighted by Crippen LogP contribution is -2.54. The number of nitrogens with one attached hydrogen (secondary N) is 1. The SMILES string of the molecule is CCOCC(=O)NC1(C(=O)OC)CCCC1.CCOCC(=O)O. The molecule has 0 unspecified atom stereocenters. The Morgan fingerprint density at radius 2 is 1.57 bits per heavy atom. The first-order valence-corrected chi connectivity index (χ1v) is 7.68. The summed E-state index contributed by atoms with van der Waals surface area (Å²) in [5, 5.41) is 10.7. The average Bonchev–Trinajstić information content (AvgIpc) is 3.00. The molecule has 0 radical (unpaired) electrons. The van der Waals surface area contributed by atoms with Crippen molar-refractivity contribution in [2.24, 2.45) is 0 Å². The zero-order chi connectivity index (χ0) is 17.7. The zero-order valence-corrected chi connectivity index (χ0v) is 14.1. The second kappa shape index (κ2) is 11.8. The Bertz CT molecular complexity index is 378. The van der Waals surface area contributed by atoms with Crippen molar-refractivity contribution in [3.8, 4) is 0 Å². The first kappa shape index (κ1) is 21.3.